The van der Waals surface area contributed by atoms with E-state index in [4.69, 9.17) is 13.8 Å². The fourth-order valence-corrected chi connectivity index (χ4v) is 11.7. The summed E-state index contributed by atoms with van der Waals surface area (Å²) in [6.45, 7) is 6.76. The third-order valence-electron chi connectivity index (χ3n) is 16.8. The number of carbonyl (C=O) groups excluding carboxylic acids is 2. The summed E-state index contributed by atoms with van der Waals surface area (Å²) in [6.07, 6.45) is 91.5. The third-order valence-corrected chi connectivity index (χ3v) is 17.8. The summed E-state index contributed by atoms with van der Waals surface area (Å²) < 4.78 is 30.5. The number of rotatable bonds is 69. The molecule has 0 fully saturated rings. The monoisotopic (exact) mass is 1270 g/mol. The summed E-state index contributed by atoms with van der Waals surface area (Å²) >= 11 is 0. The molecule has 518 valence electrons. The lowest BCUT2D eigenvalue weighted by atomic mass is 10.0. The highest BCUT2D eigenvalue weighted by Gasteiger charge is 2.27. The molecule has 89 heavy (non-hydrogen) atoms. The van der Waals surface area contributed by atoms with Crippen molar-refractivity contribution in [2.45, 2.75) is 367 Å². The fourth-order valence-electron chi connectivity index (χ4n) is 11.0. The quantitative estimate of drug-likeness (QED) is 0.0212. The summed E-state index contributed by atoms with van der Waals surface area (Å²) in [5.74, 6) is -0.538. The van der Waals surface area contributed by atoms with E-state index >= 15 is 0 Å². The highest BCUT2D eigenvalue weighted by Crippen LogP contribution is 2.38. The number of quaternary nitrogens is 1. The molecule has 0 aromatic rings. The summed E-state index contributed by atoms with van der Waals surface area (Å²) in [4.78, 5) is 40.2. The molecule has 0 aliphatic heterocycles. The Labute approximate surface area is 552 Å². The zero-order valence-electron chi connectivity index (χ0n) is 59.4. The number of ether oxygens (including phenoxy) is 1. The SMILES string of the molecule is CC/C=C\C/C=C\C/C=C\C/C=C\C/C=C\CCCCCCCCCCCC(=O)NC(COP(=O)([O-])OCC[N+](C)(C)C)C(/C=C/CCCCCCCCCCC)OC(=O)CCCCCCCCCCCCCCCCCCC/C=C/CCCCCCCC. The van der Waals surface area contributed by atoms with E-state index in [0.717, 1.165) is 103 Å². The highest BCUT2D eigenvalue weighted by molar-refractivity contribution is 7.45. The molecular weight excluding hydrogens is 1120 g/mol. The van der Waals surface area contributed by atoms with Crippen molar-refractivity contribution in [3.05, 3.63) is 85.1 Å². The van der Waals surface area contributed by atoms with Gasteiger partial charge in [-0.25, -0.2) is 0 Å². The van der Waals surface area contributed by atoms with E-state index in [1.54, 1.807) is 0 Å². The lowest BCUT2D eigenvalue weighted by Crippen LogP contribution is -2.47. The highest BCUT2D eigenvalue weighted by atomic mass is 31.2. The van der Waals surface area contributed by atoms with Gasteiger partial charge in [-0.1, -0.05) is 324 Å². The molecule has 0 spiro atoms. The molecule has 0 rings (SSSR count). The van der Waals surface area contributed by atoms with Gasteiger partial charge in [0.1, 0.15) is 19.3 Å². The zero-order chi connectivity index (χ0) is 64.9. The van der Waals surface area contributed by atoms with Crippen LogP contribution < -0.4 is 10.2 Å². The van der Waals surface area contributed by atoms with Gasteiger partial charge in [0.2, 0.25) is 5.91 Å². The van der Waals surface area contributed by atoms with Crippen molar-refractivity contribution in [2.24, 2.45) is 0 Å². The minimum absolute atomic E-state index is 0.0251. The van der Waals surface area contributed by atoms with Crippen molar-refractivity contribution in [3.63, 3.8) is 0 Å². The topological polar surface area (TPSA) is 114 Å². The number of nitrogens with zero attached hydrogens (tertiary/aromatic N) is 1. The Kier molecular flexibility index (Phi) is 65.9. The van der Waals surface area contributed by atoms with Crippen LogP contribution in [0.25, 0.3) is 0 Å². The number of esters is 1. The average Bonchev–Trinajstić information content (AvgIpc) is 3.62. The molecule has 10 heteroatoms. The Hall–Kier alpha value is -2.81. The number of nitrogens with one attached hydrogen (secondary N) is 1. The number of hydrogen-bond acceptors (Lipinski definition) is 7. The largest absolute Gasteiger partial charge is 0.756 e. The lowest BCUT2D eigenvalue weighted by Gasteiger charge is -2.30. The van der Waals surface area contributed by atoms with E-state index in [1.165, 1.54) is 218 Å². The summed E-state index contributed by atoms with van der Waals surface area (Å²) in [5, 5.41) is 3.04. The van der Waals surface area contributed by atoms with Gasteiger partial charge in [-0.15, -0.1) is 0 Å². The Balaban J connectivity index is 4.94. The van der Waals surface area contributed by atoms with Crippen LogP contribution in [0.3, 0.4) is 0 Å². The van der Waals surface area contributed by atoms with Gasteiger partial charge in [0.05, 0.1) is 33.8 Å². The first-order chi connectivity index (χ1) is 43.4. The number of carbonyl (C=O) groups is 2. The van der Waals surface area contributed by atoms with Crippen LogP contribution in [0.5, 0.6) is 0 Å². The Morgan fingerprint density at radius 1 is 0.404 bits per heavy atom. The molecule has 0 aromatic heterocycles. The number of allylic oxidation sites excluding steroid dienone is 13. The van der Waals surface area contributed by atoms with E-state index in [2.05, 4.69) is 99.0 Å². The standard InChI is InChI=1S/C79H145N2O7P/c1-7-10-13-16-19-22-25-27-29-31-33-35-37-39-40-42-44-46-48-50-52-54-57-60-63-66-69-72-79(83)88-77(70-67-64-61-58-55-24-21-18-15-12-9-3)76(75-87-89(84,85)86-74-73-81(4,5)6)80-78(82)71-68-65-62-59-56-53-51-49-47-45-43-41-38-36-34-32-30-28-26-23-20-17-14-11-8-2/h11,14,20,23,27-30,34,36,41,43,67,70,76-77H,7-10,12-13,15-19,21-22,24-26,31-33,35,37-40,42,44-66,68-69,71-75H2,1-6H3,(H-,80,82,84,85)/b14-11-,23-20-,29-27+,30-28-,36-34-,43-41-,70-67+. The van der Waals surface area contributed by atoms with Crippen LogP contribution in [-0.2, 0) is 27.9 Å². The predicted octanol–water partition coefficient (Wildman–Crippen LogP) is 23.8. The van der Waals surface area contributed by atoms with Gasteiger partial charge in [0.25, 0.3) is 7.82 Å². The molecular formula is C79H145N2O7P. The van der Waals surface area contributed by atoms with Crippen LogP contribution in [-0.4, -0.2) is 69.4 Å². The molecule has 0 aromatic carbocycles. The zero-order valence-corrected chi connectivity index (χ0v) is 60.3. The van der Waals surface area contributed by atoms with Crippen LogP contribution >= 0.6 is 7.82 Å². The molecule has 0 aliphatic rings. The van der Waals surface area contributed by atoms with Gasteiger partial charge in [-0.3, -0.25) is 14.2 Å². The van der Waals surface area contributed by atoms with E-state index in [9.17, 15) is 19.0 Å². The van der Waals surface area contributed by atoms with Crippen molar-refractivity contribution >= 4 is 19.7 Å². The first-order valence-electron chi connectivity index (χ1n) is 37.9. The molecule has 1 N–H and O–H groups in total. The molecule has 9 nitrogen and oxygen atoms in total. The minimum Gasteiger partial charge on any atom is -0.756 e. The molecule has 0 saturated carbocycles. The Morgan fingerprint density at radius 3 is 1.09 bits per heavy atom. The van der Waals surface area contributed by atoms with E-state index in [-0.39, 0.29) is 24.9 Å². The van der Waals surface area contributed by atoms with Gasteiger partial charge in [-0.05, 0) is 102 Å². The van der Waals surface area contributed by atoms with Gasteiger partial charge in [-0.2, -0.15) is 0 Å². The summed E-state index contributed by atoms with van der Waals surface area (Å²) in [5.41, 5.74) is 0. The molecule has 0 heterocycles. The van der Waals surface area contributed by atoms with Crippen molar-refractivity contribution in [1.82, 2.24) is 5.32 Å². The second kappa shape index (κ2) is 68.1. The van der Waals surface area contributed by atoms with E-state index < -0.39 is 26.6 Å². The second-order valence-electron chi connectivity index (χ2n) is 26.8. The first-order valence-corrected chi connectivity index (χ1v) is 39.4. The summed E-state index contributed by atoms with van der Waals surface area (Å²) in [6, 6.07) is -0.895. The molecule has 1 amide bonds. The second-order valence-corrected chi connectivity index (χ2v) is 28.2. The van der Waals surface area contributed by atoms with Gasteiger partial charge in [0.15, 0.2) is 0 Å². The summed E-state index contributed by atoms with van der Waals surface area (Å²) in [7, 11) is 1.18. The Morgan fingerprint density at radius 2 is 0.719 bits per heavy atom. The maximum absolute atomic E-state index is 13.6. The number of likely N-dealkylation sites (N-methyl/N-ethyl adjacent to an activating group) is 1. The predicted molar refractivity (Wildman–Crippen MR) is 385 cm³/mol. The first kappa shape index (κ1) is 86.2. The maximum Gasteiger partial charge on any atom is 0.306 e. The lowest BCUT2D eigenvalue weighted by molar-refractivity contribution is -0.870. The van der Waals surface area contributed by atoms with Gasteiger partial charge >= 0.3 is 5.97 Å². The molecule has 0 saturated heterocycles. The third kappa shape index (κ3) is 69.4. The van der Waals surface area contributed by atoms with Gasteiger partial charge in [0, 0.05) is 12.8 Å². The number of phosphoric ester groups is 1. The molecule has 3 unspecified atom stereocenters. The molecule has 0 aliphatic carbocycles. The van der Waals surface area contributed by atoms with Crippen LogP contribution in [0.2, 0.25) is 0 Å². The number of amides is 1. The molecule has 0 radical (unpaired) electrons. The van der Waals surface area contributed by atoms with E-state index in [1.807, 2.05) is 33.3 Å². The van der Waals surface area contributed by atoms with Crippen molar-refractivity contribution in [1.29, 1.82) is 0 Å². The van der Waals surface area contributed by atoms with E-state index in [0.29, 0.717) is 17.4 Å². The van der Waals surface area contributed by atoms with Crippen LogP contribution in [0.1, 0.15) is 355 Å². The van der Waals surface area contributed by atoms with Gasteiger partial charge < -0.3 is 28.5 Å². The number of phosphoric acid groups is 1. The number of hydrogen-bond donors (Lipinski definition) is 1. The molecule has 0 bridgehead atoms. The van der Waals surface area contributed by atoms with Crippen molar-refractivity contribution in [2.75, 3.05) is 40.9 Å². The minimum atomic E-state index is -4.71. The van der Waals surface area contributed by atoms with Crippen LogP contribution in [0.4, 0.5) is 0 Å². The number of unbranched alkanes of at least 4 members (excludes halogenated alkanes) is 41. The smallest absolute Gasteiger partial charge is 0.306 e. The van der Waals surface area contributed by atoms with Crippen molar-refractivity contribution < 1.29 is 37.3 Å². The maximum atomic E-state index is 13.6. The fraction of sp³-hybridized carbons (Fsp3) is 0.797. The average molecular weight is 1270 g/mol. The molecule has 3 atom stereocenters. The Bertz CT molecular complexity index is 1800. The normalized spacial score (nSPS) is 13.9. The van der Waals surface area contributed by atoms with Crippen LogP contribution in [0.15, 0.2) is 85.1 Å². The van der Waals surface area contributed by atoms with Crippen molar-refractivity contribution in [3.8, 4) is 0 Å². The van der Waals surface area contributed by atoms with Crippen LogP contribution in [0, 0.1) is 0 Å².